The van der Waals surface area contributed by atoms with Gasteiger partial charge in [0.1, 0.15) is 0 Å². The first-order valence-electron chi connectivity index (χ1n) is 5.88. The summed E-state index contributed by atoms with van der Waals surface area (Å²) in [4.78, 5) is 11.1. The number of fused-ring (bicyclic) bond motifs is 1. The molecule has 0 bridgehead atoms. The van der Waals surface area contributed by atoms with Crippen LogP contribution in [0.15, 0.2) is 0 Å². The SMILES string of the molecule is COC(=O)NS(=O)(=O)N1CC2CNCC2C1(C)C. The Bertz CT molecular complexity index is 448. The van der Waals surface area contributed by atoms with Crippen LogP contribution in [-0.2, 0) is 14.9 Å². The Labute approximate surface area is 107 Å². The van der Waals surface area contributed by atoms with Gasteiger partial charge in [-0.2, -0.15) is 12.7 Å². The molecule has 2 heterocycles. The van der Waals surface area contributed by atoms with Gasteiger partial charge in [0.25, 0.3) is 0 Å². The molecule has 1 amide bonds. The van der Waals surface area contributed by atoms with E-state index in [0.717, 1.165) is 20.2 Å². The molecule has 8 heteroatoms. The molecule has 2 fully saturated rings. The van der Waals surface area contributed by atoms with E-state index >= 15 is 0 Å². The third kappa shape index (κ3) is 2.08. The van der Waals surface area contributed by atoms with Gasteiger partial charge in [0.05, 0.1) is 7.11 Å². The molecule has 104 valence electrons. The van der Waals surface area contributed by atoms with Crippen LogP contribution in [0.3, 0.4) is 0 Å². The largest absolute Gasteiger partial charge is 0.452 e. The Kier molecular flexibility index (Phi) is 3.28. The van der Waals surface area contributed by atoms with Crippen LogP contribution in [-0.4, -0.2) is 51.1 Å². The third-order valence-electron chi connectivity index (χ3n) is 3.98. The summed E-state index contributed by atoms with van der Waals surface area (Å²) in [6.07, 6.45) is -0.957. The maximum atomic E-state index is 12.1. The lowest BCUT2D eigenvalue weighted by molar-refractivity contribution is 0.175. The smallest absolute Gasteiger partial charge is 0.421 e. The average molecular weight is 277 g/mol. The number of amides is 1. The molecule has 2 rings (SSSR count). The summed E-state index contributed by atoms with van der Waals surface area (Å²) in [5.74, 6) is 0.570. The third-order valence-corrected chi connectivity index (χ3v) is 5.60. The maximum absolute atomic E-state index is 12.1. The molecule has 2 atom stereocenters. The van der Waals surface area contributed by atoms with Gasteiger partial charge in [0.15, 0.2) is 0 Å². The molecule has 2 N–H and O–H groups in total. The average Bonchev–Trinajstić information content (AvgIpc) is 2.80. The molecule has 0 aromatic carbocycles. The van der Waals surface area contributed by atoms with Gasteiger partial charge < -0.3 is 10.1 Å². The molecule has 2 unspecified atom stereocenters. The van der Waals surface area contributed by atoms with Crippen LogP contribution in [0, 0.1) is 11.8 Å². The van der Waals surface area contributed by atoms with E-state index in [4.69, 9.17) is 0 Å². The van der Waals surface area contributed by atoms with Gasteiger partial charge in [-0.05, 0) is 32.2 Å². The Morgan fingerprint density at radius 2 is 2.11 bits per heavy atom. The number of carbonyl (C=O) groups is 1. The van der Waals surface area contributed by atoms with Crippen LogP contribution in [0.2, 0.25) is 0 Å². The predicted molar refractivity (Wildman–Crippen MR) is 65.1 cm³/mol. The Morgan fingerprint density at radius 3 is 2.67 bits per heavy atom. The molecular formula is C10H19N3O4S. The summed E-state index contributed by atoms with van der Waals surface area (Å²) in [6.45, 7) is 5.83. The first-order chi connectivity index (χ1) is 8.29. The molecule has 2 aliphatic rings. The number of methoxy groups -OCH3 is 1. The molecule has 2 saturated heterocycles. The second-order valence-corrected chi connectivity index (χ2v) is 6.90. The normalized spacial score (nSPS) is 31.1. The molecule has 0 radical (unpaired) electrons. The number of hydrogen-bond acceptors (Lipinski definition) is 5. The van der Waals surface area contributed by atoms with Gasteiger partial charge in [0, 0.05) is 18.6 Å². The van der Waals surface area contributed by atoms with E-state index < -0.39 is 21.8 Å². The highest BCUT2D eigenvalue weighted by molar-refractivity contribution is 7.87. The van der Waals surface area contributed by atoms with Gasteiger partial charge >= 0.3 is 16.3 Å². The summed E-state index contributed by atoms with van der Waals surface area (Å²) < 4.78 is 31.9. The van der Waals surface area contributed by atoms with Crippen molar-refractivity contribution < 1.29 is 17.9 Å². The monoisotopic (exact) mass is 277 g/mol. The fraction of sp³-hybridized carbons (Fsp3) is 0.900. The van der Waals surface area contributed by atoms with Gasteiger partial charge in [-0.15, -0.1) is 0 Å². The lowest BCUT2D eigenvalue weighted by Gasteiger charge is -2.34. The molecular weight excluding hydrogens is 258 g/mol. The topological polar surface area (TPSA) is 87.7 Å². The van der Waals surface area contributed by atoms with Crippen LogP contribution in [0.25, 0.3) is 0 Å². The van der Waals surface area contributed by atoms with E-state index in [0.29, 0.717) is 12.5 Å². The first kappa shape index (κ1) is 13.6. The summed E-state index contributed by atoms with van der Waals surface area (Å²) in [5, 5.41) is 3.27. The maximum Gasteiger partial charge on any atom is 0.421 e. The van der Waals surface area contributed by atoms with Crippen molar-refractivity contribution in [3.05, 3.63) is 0 Å². The van der Waals surface area contributed by atoms with Crippen molar-refractivity contribution >= 4 is 16.3 Å². The zero-order valence-electron chi connectivity index (χ0n) is 10.8. The molecule has 0 aromatic heterocycles. The Hall–Kier alpha value is -0.860. The second-order valence-electron chi connectivity index (χ2n) is 5.31. The number of nitrogens with zero attached hydrogens (tertiary/aromatic N) is 1. The summed E-state index contributed by atoms with van der Waals surface area (Å²) in [5.41, 5.74) is -0.506. The highest BCUT2D eigenvalue weighted by atomic mass is 32.2. The summed E-state index contributed by atoms with van der Waals surface area (Å²) in [7, 11) is -2.70. The summed E-state index contributed by atoms with van der Waals surface area (Å²) >= 11 is 0. The predicted octanol–water partition coefficient (Wildman–Crippen LogP) is -0.483. The number of hydrogen-bond donors (Lipinski definition) is 2. The van der Waals surface area contributed by atoms with Crippen molar-refractivity contribution in [2.24, 2.45) is 11.8 Å². The van der Waals surface area contributed by atoms with Crippen molar-refractivity contribution in [2.45, 2.75) is 19.4 Å². The standard InChI is InChI=1S/C10H19N3O4S/c1-10(2)8-5-11-4-7(8)6-13(10)18(15,16)12-9(14)17-3/h7-8,11H,4-6H2,1-3H3,(H,12,14). The van der Waals surface area contributed by atoms with Crippen molar-refractivity contribution in [1.29, 1.82) is 0 Å². The Morgan fingerprint density at radius 1 is 1.44 bits per heavy atom. The summed E-state index contributed by atoms with van der Waals surface area (Å²) in [6, 6.07) is 0. The Balaban J connectivity index is 2.21. The van der Waals surface area contributed by atoms with Crippen LogP contribution in [0.5, 0.6) is 0 Å². The van der Waals surface area contributed by atoms with E-state index in [1.54, 1.807) is 0 Å². The second kappa shape index (κ2) is 4.36. The quantitative estimate of drug-likeness (QED) is 0.711. The highest BCUT2D eigenvalue weighted by Crippen LogP contribution is 2.41. The van der Waals surface area contributed by atoms with Crippen molar-refractivity contribution in [2.75, 3.05) is 26.7 Å². The molecule has 0 aliphatic carbocycles. The minimum absolute atomic E-state index is 0.270. The minimum Gasteiger partial charge on any atom is -0.452 e. The fourth-order valence-corrected chi connectivity index (χ4v) is 4.54. The van der Waals surface area contributed by atoms with E-state index in [2.05, 4.69) is 10.1 Å². The molecule has 2 aliphatic heterocycles. The fourth-order valence-electron chi connectivity index (χ4n) is 2.99. The van der Waals surface area contributed by atoms with Crippen molar-refractivity contribution in [1.82, 2.24) is 14.3 Å². The molecule has 7 nitrogen and oxygen atoms in total. The van der Waals surface area contributed by atoms with Crippen LogP contribution in [0.1, 0.15) is 13.8 Å². The molecule has 18 heavy (non-hydrogen) atoms. The number of nitrogens with one attached hydrogen (secondary N) is 2. The van der Waals surface area contributed by atoms with Crippen molar-refractivity contribution in [3.8, 4) is 0 Å². The number of carbonyl (C=O) groups excluding carboxylic acids is 1. The van der Waals surface area contributed by atoms with Gasteiger partial charge in [0.2, 0.25) is 0 Å². The van der Waals surface area contributed by atoms with Crippen molar-refractivity contribution in [3.63, 3.8) is 0 Å². The van der Waals surface area contributed by atoms with Crippen LogP contribution < -0.4 is 10.0 Å². The van der Waals surface area contributed by atoms with Crippen LogP contribution in [0.4, 0.5) is 4.79 Å². The van der Waals surface area contributed by atoms with Gasteiger partial charge in [-0.1, -0.05) is 0 Å². The number of rotatable bonds is 2. The zero-order chi connectivity index (χ0) is 13.6. The van der Waals surface area contributed by atoms with E-state index in [9.17, 15) is 13.2 Å². The van der Waals surface area contributed by atoms with Gasteiger partial charge in [-0.3, -0.25) is 0 Å². The van der Waals surface area contributed by atoms with Gasteiger partial charge in [-0.25, -0.2) is 9.52 Å². The lowest BCUT2D eigenvalue weighted by atomic mass is 9.85. The van der Waals surface area contributed by atoms with E-state index in [-0.39, 0.29) is 5.92 Å². The minimum atomic E-state index is -3.84. The van der Waals surface area contributed by atoms with E-state index in [1.165, 1.54) is 4.31 Å². The van der Waals surface area contributed by atoms with E-state index in [1.807, 2.05) is 18.6 Å². The first-order valence-corrected chi connectivity index (χ1v) is 7.32. The highest BCUT2D eigenvalue weighted by Gasteiger charge is 2.54. The number of ether oxygens (including phenoxy) is 1. The van der Waals surface area contributed by atoms with Crippen LogP contribution >= 0.6 is 0 Å². The molecule has 0 spiro atoms. The zero-order valence-corrected chi connectivity index (χ0v) is 11.6. The molecule has 0 saturated carbocycles. The lowest BCUT2D eigenvalue weighted by Crippen LogP contribution is -2.52. The molecule has 0 aromatic rings.